The maximum atomic E-state index is 13.0. The van der Waals surface area contributed by atoms with E-state index in [0.717, 1.165) is 0 Å². The van der Waals surface area contributed by atoms with E-state index in [1.807, 2.05) is 0 Å². The molecule has 0 bridgehead atoms. The van der Waals surface area contributed by atoms with Crippen LogP contribution >= 0.6 is 0 Å². The summed E-state index contributed by atoms with van der Waals surface area (Å²) in [5, 5.41) is 12.6. The quantitative estimate of drug-likeness (QED) is 0.669. The number of ether oxygens (including phenoxy) is 2. The van der Waals surface area contributed by atoms with Crippen LogP contribution in [0, 0.1) is 0 Å². The Morgan fingerprint density at radius 3 is 2.85 bits per heavy atom. The van der Waals surface area contributed by atoms with E-state index in [4.69, 9.17) is 9.94 Å². The van der Waals surface area contributed by atoms with Gasteiger partial charge in [0.2, 0.25) is 5.88 Å². The van der Waals surface area contributed by atoms with E-state index in [1.54, 1.807) is 12.1 Å². The molecule has 0 saturated heterocycles. The summed E-state index contributed by atoms with van der Waals surface area (Å²) in [5.41, 5.74) is 0.983. The molecule has 2 aromatic rings. The van der Waals surface area contributed by atoms with Gasteiger partial charge in [-0.25, -0.2) is 9.18 Å². The lowest BCUT2D eigenvalue weighted by molar-refractivity contribution is 0.0597. The zero-order valence-corrected chi connectivity index (χ0v) is 10.7. The van der Waals surface area contributed by atoms with Crippen LogP contribution in [0.2, 0.25) is 0 Å². The molecule has 0 fully saturated rings. The number of hydrogen-bond donors (Lipinski definition) is 1. The van der Waals surface area contributed by atoms with Crippen LogP contribution < -0.4 is 4.74 Å². The minimum Gasteiger partial charge on any atom is -0.472 e. The largest absolute Gasteiger partial charge is 0.472 e. The smallest absolute Gasteiger partial charge is 0.338 e. The maximum Gasteiger partial charge on any atom is 0.338 e. The van der Waals surface area contributed by atoms with Crippen LogP contribution in [-0.4, -0.2) is 28.2 Å². The van der Waals surface area contributed by atoms with Crippen LogP contribution in [0.4, 0.5) is 4.39 Å². The standard InChI is InChI=1S/C13H13FN2O4/c1-19-13(17)10-4-2-3-9(7-14)11(10)8-20-12-5-6-16(18)15-12/h2-6,18H,7-8H2,1H3. The topological polar surface area (TPSA) is 73.6 Å². The Morgan fingerprint density at radius 2 is 2.25 bits per heavy atom. The van der Waals surface area contributed by atoms with Gasteiger partial charge in [0.1, 0.15) is 13.3 Å². The molecule has 0 saturated carbocycles. The summed E-state index contributed by atoms with van der Waals surface area (Å²) in [6.45, 7) is -0.778. The lowest BCUT2D eigenvalue weighted by Crippen LogP contribution is -2.10. The third-order valence-electron chi connectivity index (χ3n) is 2.74. The molecule has 6 nitrogen and oxygen atoms in total. The van der Waals surface area contributed by atoms with Gasteiger partial charge in [-0.3, -0.25) is 0 Å². The van der Waals surface area contributed by atoms with E-state index in [0.29, 0.717) is 16.0 Å². The molecule has 0 atom stereocenters. The summed E-state index contributed by atoms with van der Waals surface area (Å²) < 4.78 is 23.0. The molecule has 7 heteroatoms. The van der Waals surface area contributed by atoms with Crippen LogP contribution in [0.5, 0.6) is 5.88 Å². The van der Waals surface area contributed by atoms with Gasteiger partial charge in [0.25, 0.3) is 0 Å². The minimum absolute atomic E-state index is 0.0540. The fraction of sp³-hybridized carbons (Fsp3) is 0.231. The Hall–Kier alpha value is -2.57. The molecule has 0 amide bonds. The van der Waals surface area contributed by atoms with Crippen molar-refractivity contribution in [3.63, 3.8) is 0 Å². The Labute approximate surface area is 114 Å². The third-order valence-corrected chi connectivity index (χ3v) is 2.74. The number of esters is 1. The fourth-order valence-corrected chi connectivity index (χ4v) is 1.75. The predicted molar refractivity (Wildman–Crippen MR) is 66.3 cm³/mol. The van der Waals surface area contributed by atoms with E-state index in [1.165, 1.54) is 25.4 Å². The average Bonchev–Trinajstić information content (AvgIpc) is 2.89. The first-order valence-electron chi connectivity index (χ1n) is 5.78. The number of aromatic nitrogens is 2. The zero-order valence-electron chi connectivity index (χ0n) is 10.7. The second-order valence-corrected chi connectivity index (χ2v) is 3.93. The molecule has 20 heavy (non-hydrogen) atoms. The van der Waals surface area contributed by atoms with Gasteiger partial charge in [-0.05, 0) is 11.6 Å². The first-order chi connectivity index (χ1) is 9.65. The van der Waals surface area contributed by atoms with Crippen molar-refractivity contribution in [3.05, 3.63) is 47.2 Å². The Morgan fingerprint density at radius 1 is 1.45 bits per heavy atom. The first-order valence-corrected chi connectivity index (χ1v) is 5.78. The van der Waals surface area contributed by atoms with Crippen molar-refractivity contribution < 1.29 is 23.9 Å². The normalized spacial score (nSPS) is 10.3. The molecule has 1 heterocycles. The molecule has 0 radical (unpaired) electrons. The molecular weight excluding hydrogens is 267 g/mol. The Balaban J connectivity index is 2.26. The summed E-state index contributed by atoms with van der Waals surface area (Å²) in [6, 6.07) is 6.12. The van der Waals surface area contributed by atoms with Crippen molar-refractivity contribution in [2.45, 2.75) is 13.3 Å². The van der Waals surface area contributed by atoms with Crippen molar-refractivity contribution in [1.82, 2.24) is 9.94 Å². The molecule has 1 aromatic heterocycles. The second kappa shape index (κ2) is 6.05. The number of hydrogen-bond acceptors (Lipinski definition) is 5. The molecule has 0 aliphatic heterocycles. The SMILES string of the molecule is COC(=O)c1cccc(CF)c1COc1ccn(O)n1. The van der Waals surface area contributed by atoms with Gasteiger partial charge in [-0.15, -0.1) is 4.85 Å². The van der Waals surface area contributed by atoms with Crippen molar-refractivity contribution in [2.24, 2.45) is 0 Å². The number of carbonyl (C=O) groups excluding carboxylic acids is 1. The first kappa shape index (κ1) is 13.9. The molecule has 106 valence electrons. The molecular formula is C13H13FN2O4. The van der Waals surface area contributed by atoms with E-state index in [9.17, 15) is 9.18 Å². The van der Waals surface area contributed by atoms with E-state index >= 15 is 0 Å². The van der Waals surface area contributed by atoms with Gasteiger partial charge in [-0.2, -0.15) is 0 Å². The molecule has 0 aliphatic carbocycles. The molecule has 1 aromatic carbocycles. The Bertz CT molecular complexity index is 612. The maximum absolute atomic E-state index is 13.0. The van der Waals surface area contributed by atoms with Crippen LogP contribution in [0.1, 0.15) is 21.5 Å². The summed E-state index contributed by atoms with van der Waals surface area (Å²) in [6.07, 6.45) is 1.29. The molecule has 2 rings (SSSR count). The van der Waals surface area contributed by atoms with Gasteiger partial charge >= 0.3 is 5.97 Å². The number of benzene rings is 1. The summed E-state index contributed by atoms with van der Waals surface area (Å²) in [5.74, 6) is -0.399. The third kappa shape index (κ3) is 2.87. The summed E-state index contributed by atoms with van der Waals surface area (Å²) >= 11 is 0. The summed E-state index contributed by atoms with van der Waals surface area (Å²) in [7, 11) is 1.25. The van der Waals surface area contributed by atoms with Gasteiger partial charge in [0, 0.05) is 11.6 Å². The van der Waals surface area contributed by atoms with Crippen LogP contribution in [0.25, 0.3) is 0 Å². The second-order valence-electron chi connectivity index (χ2n) is 3.93. The van der Waals surface area contributed by atoms with Crippen LogP contribution in [0.15, 0.2) is 30.5 Å². The zero-order chi connectivity index (χ0) is 14.5. The molecule has 0 unspecified atom stereocenters. The number of nitrogens with zero attached hydrogens (tertiary/aromatic N) is 2. The fourth-order valence-electron chi connectivity index (χ4n) is 1.75. The lowest BCUT2D eigenvalue weighted by atomic mass is 10.0. The highest BCUT2D eigenvalue weighted by Gasteiger charge is 2.16. The van der Waals surface area contributed by atoms with Crippen molar-refractivity contribution >= 4 is 5.97 Å². The van der Waals surface area contributed by atoms with E-state index < -0.39 is 12.6 Å². The van der Waals surface area contributed by atoms with Crippen LogP contribution in [0.3, 0.4) is 0 Å². The van der Waals surface area contributed by atoms with Gasteiger partial charge in [0.15, 0.2) is 0 Å². The van der Waals surface area contributed by atoms with Crippen LogP contribution in [-0.2, 0) is 18.0 Å². The number of rotatable bonds is 5. The number of carbonyl (C=O) groups is 1. The predicted octanol–water partition coefficient (Wildman–Crippen LogP) is 1.96. The molecule has 0 spiro atoms. The highest BCUT2D eigenvalue weighted by molar-refractivity contribution is 5.91. The lowest BCUT2D eigenvalue weighted by Gasteiger charge is -2.11. The number of alkyl halides is 1. The van der Waals surface area contributed by atoms with Crippen molar-refractivity contribution in [1.29, 1.82) is 0 Å². The van der Waals surface area contributed by atoms with E-state index in [2.05, 4.69) is 9.84 Å². The van der Waals surface area contributed by atoms with Gasteiger partial charge in [-0.1, -0.05) is 17.2 Å². The monoisotopic (exact) mass is 280 g/mol. The van der Waals surface area contributed by atoms with Crippen molar-refractivity contribution in [3.8, 4) is 5.88 Å². The molecule has 1 N–H and O–H groups in total. The molecule has 0 aliphatic rings. The Kier molecular flexibility index (Phi) is 4.19. The van der Waals surface area contributed by atoms with Crippen molar-refractivity contribution in [2.75, 3.05) is 7.11 Å². The minimum atomic E-state index is -0.724. The van der Waals surface area contributed by atoms with Gasteiger partial charge < -0.3 is 14.7 Å². The highest BCUT2D eigenvalue weighted by Crippen LogP contribution is 2.19. The summed E-state index contributed by atoms with van der Waals surface area (Å²) in [4.78, 5) is 12.3. The van der Waals surface area contributed by atoms with Gasteiger partial charge in [0.05, 0.1) is 18.9 Å². The average molecular weight is 280 g/mol. The van der Waals surface area contributed by atoms with E-state index in [-0.39, 0.29) is 18.1 Å². The number of methoxy groups -OCH3 is 1. The number of halogens is 1. The highest BCUT2D eigenvalue weighted by atomic mass is 19.1.